The van der Waals surface area contributed by atoms with Crippen LogP contribution in [0.5, 0.6) is 0 Å². The molecule has 3 N–H and O–H groups in total. The summed E-state index contributed by atoms with van der Waals surface area (Å²) in [6, 6.07) is 2.05. The lowest BCUT2D eigenvalue weighted by molar-refractivity contribution is 1.12. The second kappa shape index (κ2) is 2.45. The van der Waals surface area contributed by atoms with Crippen LogP contribution in [0, 0.1) is 6.92 Å². The van der Waals surface area contributed by atoms with E-state index in [0.29, 0.717) is 5.13 Å². The first-order valence-electron chi connectivity index (χ1n) is 4.24. The number of aromatic nitrogens is 3. The van der Waals surface area contributed by atoms with Gasteiger partial charge in [-0.1, -0.05) is 11.3 Å². The summed E-state index contributed by atoms with van der Waals surface area (Å²) in [5, 5.41) is 8.67. The molecule has 1 aromatic carbocycles. The Morgan fingerprint density at radius 1 is 1.50 bits per heavy atom. The Balaban J connectivity index is 2.65. The topological polar surface area (TPSA) is 67.6 Å². The highest BCUT2D eigenvalue weighted by Gasteiger charge is 2.09. The molecule has 0 saturated heterocycles. The Labute approximate surface area is 83.8 Å². The third kappa shape index (κ3) is 0.871. The van der Waals surface area contributed by atoms with E-state index in [-0.39, 0.29) is 0 Å². The molecule has 0 bridgehead atoms. The van der Waals surface area contributed by atoms with Gasteiger partial charge in [0.15, 0.2) is 5.13 Å². The van der Waals surface area contributed by atoms with Gasteiger partial charge in [-0.15, -0.1) is 0 Å². The summed E-state index contributed by atoms with van der Waals surface area (Å²) < 4.78 is 1.12. The predicted octanol–water partition coefficient (Wildman–Crippen LogP) is 2.06. The molecule has 0 radical (unpaired) electrons. The van der Waals surface area contributed by atoms with Crippen LogP contribution in [0.4, 0.5) is 5.13 Å². The molecular weight excluding hydrogens is 196 g/mol. The van der Waals surface area contributed by atoms with E-state index in [9.17, 15) is 0 Å². The number of nitrogen functional groups attached to an aromatic ring is 1. The molecule has 2 heterocycles. The minimum atomic E-state index is 0.608. The van der Waals surface area contributed by atoms with Gasteiger partial charge in [0.25, 0.3) is 0 Å². The van der Waals surface area contributed by atoms with E-state index in [2.05, 4.69) is 15.2 Å². The molecule has 0 unspecified atom stereocenters. The molecule has 70 valence electrons. The van der Waals surface area contributed by atoms with Gasteiger partial charge >= 0.3 is 0 Å². The number of nitrogens with one attached hydrogen (secondary N) is 1. The van der Waals surface area contributed by atoms with E-state index in [1.165, 1.54) is 11.3 Å². The summed E-state index contributed by atoms with van der Waals surface area (Å²) in [7, 11) is 0. The second-order valence-electron chi connectivity index (χ2n) is 3.25. The normalized spacial score (nSPS) is 11.5. The molecule has 0 amide bonds. The van der Waals surface area contributed by atoms with E-state index >= 15 is 0 Å². The van der Waals surface area contributed by atoms with Gasteiger partial charge < -0.3 is 5.73 Å². The van der Waals surface area contributed by atoms with E-state index in [1.807, 2.05) is 19.2 Å². The Hall–Kier alpha value is -1.62. The van der Waals surface area contributed by atoms with Crippen molar-refractivity contribution < 1.29 is 0 Å². The lowest BCUT2D eigenvalue weighted by Gasteiger charge is -1.94. The lowest BCUT2D eigenvalue weighted by atomic mass is 10.1. The Morgan fingerprint density at radius 2 is 2.36 bits per heavy atom. The van der Waals surface area contributed by atoms with Gasteiger partial charge in [0, 0.05) is 5.39 Å². The van der Waals surface area contributed by atoms with Crippen molar-refractivity contribution in [1.82, 2.24) is 15.2 Å². The van der Waals surface area contributed by atoms with Crippen LogP contribution in [0.1, 0.15) is 5.56 Å². The predicted molar refractivity (Wildman–Crippen MR) is 58.4 cm³/mol. The summed E-state index contributed by atoms with van der Waals surface area (Å²) in [5.74, 6) is 0. The molecule has 3 aromatic rings. The first kappa shape index (κ1) is 7.75. The molecule has 0 fully saturated rings. The molecule has 0 aliphatic carbocycles. The molecule has 0 saturated carbocycles. The van der Waals surface area contributed by atoms with Crippen molar-refractivity contribution in [2.45, 2.75) is 6.92 Å². The zero-order valence-corrected chi connectivity index (χ0v) is 8.35. The summed E-state index contributed by atoms with van der Waals surface area (Å²) >= 11 is 1.51. The number of thiazole rings is 1. The number of aromatic amines is 1. The van der Waals surface area contributed by atoms with Gasteiger partial charge in [0.2, 0.25) is 0 Å². The zero-order chi connectivity index (χ0) is 9.71. The van der Waals surface area contributed by atoms with Gasteiger partial charge in [-0.3, -0.25) is 5.10 Å². The quantitative estimate of drug-likeness (QED) is 0.589. The summed E-state index contributed by atoms with van der Waals surface area (Å²) in [4.78, 5) is 4.30. The number of hydrogen-bond donors (Lipinski definition) is 2. The Bertz CT molecular complexity index is 622. The Morgan fingerprint density at radius 3 is 3.21 bits per heavy atom. The van der Waals surface area contributed by atoms with Crippen LogP contribution in [0.25, 0.3) is 21.1 Å². The molecule has 0 aliphatic rings. The summed E-state index contributed by atoms with van der Waals surface area (Å²) in [5.41, 5.74) is 8.85. The van der Waals surface area contributed by atoms with Crippen LogP contribution in [-0.4, -0.2) is 15.2 Å². The number of rotatable bonds is 0. The third-order valence-electron chi connectivity index (χ3n) is 2.29. The third-order valence-corrected chi connectivity index (χ3v) is 3.21. The number of benzene rings is 1. The van der Waals surface area contributed by atoms with Crippen molar-refractivity contribution >= 4 is 37.6 Å². The van der Waals surface area contributed by atoms with Crippen LogP contribution in [0.15, 0.2) is 12.3 Å². The van der Waals surface area contributed by atoms with Crippen LogP contribution in [0.3, 0.4) is 0 Å². The molecule has 3 rings (SSSR count). The number of anilines is 1. The number of fused-ring (bicyclic) bond motifs is 3. The highest BCUT2D eigenvalue weighted by molar-refractivity contribution is 7.23. The van der Waals surface area contributed by atoms with Crippen molar-refractivity contribution in [2.24, 2.45) is 0 Å². The molecule has 0 atom stereocenters. The second-order valence-corrected chi connectivity index (χ2v) is 4.29. The molecule has 0 aliphatic heterocycles. The number of aryl methyl sites for hydroxylation is 1. The van der Waals surface area contributed by atoms with Crippen molar-refractivity contribution in [2.75, 3.05) is 5.73 Å². The molecular formula is C9H8N4S. The highest BCUT2D eigenvalue weighted by atomic mass is 32.1. The number of nitrogens with two attached hydrogens (primary N) is 1. The number of H-pyrrole nitrogens is 1. The average molecular weight is 204 g/mol. The van der Waals surface area contributed by atoms with Crippen LogP contribution in [-0.2, 0) is 0 Å². The molecule has 0 spiro atoms. The fraction of sp³-hybridized carbons (Fsp3) is 0.111. The Kier molecular flexibility index (Phi) is 1.36. The largest absolute Gasteiger partial charge is 0.375 e. The number of hydrogen-bond acceptors (Lipinski definition) is 4. The van der Waals surface area contributed by atoms with Crippen LogP contribution >= 0.6 is 11.3 Å². The van der Waals surface area contributed by atoms with Crippen molar-refractivity contribution in [3.8, 4) is 0 Å². The first-order chi connectivity index (χ1) is 6.75. The van der Waals surface area contributed by atoms with Gasteiger partial charge in [0.1, 0.15) is 0 Å². The van der Waals surface area contributed by atoms with E-state index in [1.54, 1.807) is 0 Å². The van der Waals surface area contributed by atoms with Crippen molar-refractivity contribution in [3.63, 3.8) is 0 Å². The van der Waals surface area contributed by atoms with E-state index in [0.717, 1.165) is 26.7 Å². The maximum absolute atomic E-state index is 5.70. The first-order valence-corrected chi connectivity index (χ1v) is 5.06. The maximum Gasteiger partial charge on any atom is 0.181 e. The monoisotopic (exact) mass is 204 g/mol. The molecule has 5 heteroatoms. The molecule has 2 aromatic heterocycles. The zero-order valence-electron chi connectivity index (χ0n) is 7.53. The average Bonchev–Trinajstić information content (AvgIpc) is 2.69. The van der Waals surface area contributed by atoms with Gasteiger partial charge in [0.05, 0.1) is 21.9 Å². The van der Waals surface area contributed by atoms with Crippen molar-refractivity contribution in [1.29, 1.82) is 0 Å². The summed E-state index contributed by atoms with van der Waals surface area (Å²) in [6.45, 7) is 2.03. The smallest absolute Gasteiger partial charge is 0.181 e. The fourth-order valence-electron chi connectivity index (χ4n) is 1.66. The standard InChI is InChI=1S/C9H8N4S/c1-4-2-6-5(3-11-13-6)8-7(4)12-9(10)14-8/h2-3H,1H3,(H2,10,12)(H,11,13). The van der Waals surface area contributed by atoms with Gasteiger partial charge in [-0.2, -0.15) is 5.10 Å². The van der Waals surface area contributed by atoms with E-state index in [4.69, 9.17) is 5.73 Å². The minimum absolute atomic E-state index is 0.608. The molecule has 14 heavy (non-hydrogen) atoms. The van der Waals surface area contributed by atoms with Crippen molar-refractivity contribution in [3.05, 3.63) is 17.8 Å². The van der Waals surface area contributed by atoms with Crippen LogP contribution < -0.4 is 5.73 Å². The highest BCUT2D eigenvalue weighted by Crippen LogP contribution is 2.32. The fourth-order valence-corrected chi connectivity index (χ4v) is 2.58. The SMILES string of the molecule is Cc1cc2[nH]ncc2c2sc(N)nc12. The van der Waals surface area contributed by atoms with E-state index < -0.39 is 0 Å². The maximum atomic E-state index is 5.70. The molecule has 4 nitrogen and oxygen atoms in total. The summed E-state index contributed by atoms with van der Waals surface area (Å²) in [6.07, 6.45) is 1.81. The van der Waals surface area contributed by atoms with Gasteiger partial charge in [-0.25, -0.2) is 4.98 Å². The number of nitrogens with zero attached hydrogens (tertiary/aromatic N) is 2. The van der Waals surface area contributed by atoms with Gasteiger partial charge in [-0.05, 0) is 18.6 Å². The lowest BCUT2D eigenvalue weighted by Crippen LogP contribution is -1.81. The minimum Gasteiger partial charge on any atom is -0.375 e. The van der Waals surface area contributed by atoms with Crippen LogP contribution in [0.2, 0.25) is 0 Å².